The molecule has 1 saturated carbocycles. The molecule has 1 aromatic heterocycles. The molecule has 0 radical (unpaired) electrons. The van der Waals surface area contributed by atoms with E-state index in [1.807, 2.05) is 11.3 Å². The van der Waals surface area contributed by atoms with E-state index in [4.69, 9.17) is 4.98 Å². The van der Waals surface area contributed by atoms with Crippen LogP contribution in [0.2, 0.25) is 0 Å². The van der Waals surface area contributed by atoms with Gasteiger partial charge >= 0.3 is 0 Å². The number of nitrogens with zero attached hydrogens (tertiary/aromatic N) is 1. The zero-order valence-electron chi connectivity index (χ0n) is 9.74. The van der Waals surface area contributed by atoms with Gasteiger partial charge in [-0.15, -0.1) is 11.3 Å². The first kappa shape index (κ1) is 11.4. The summed E-state index contributed by atoms with van der Waals surface area (Å²) in [7, 11) is 0. The van der Waals surface area contributed by atoms with Crippen LogP contribution in [0.5, 0.6) is 0 Å². The third-order valence-corrected chi connectivity index (χ3v) is 4.99. The van der Waals surface area contributed by atoms with Gasteiger partial charge in [0.15, 0.2) is 0 Å². The largest absolute Gasteiger partial charge is 0.241 e. The number of benzene rings is 1. The smallest absolute Gasteiger partial charge is 0.0966 e. The standard InChI is InChI=1S/C14H14BrNS/c1-9-13(11-6-3-7-12(15)8-11)16-14(17-9)10-4-2-5-10/h3,6-8,10H,2,4-5H2,1H3. The first-order valence-corrected chi connectivity index (χ1v) is 7.58. The molecule has 0 aliphatic heterocycles. The van der Waals surface area contributed by atoms with Gasteiger partial charge in [0.1, 0.15) is 0 Å². The zero-order chi connectivity index (χ0) is 11.8. The highest BCUT2D eigenvalue weighted by molar-refractivity contribution is 9.10. The van der Waals surface area contributed by atoms with Gasteiger partial charge in [-0.25, -0.2) is 4.98 Å². The van der Waals surface area contributed by atoms with Crippen LogP contribution in [0.1, 0.15) is 35.1 Å². The van der Waals surface area contributed by atoms with Crippen LogP contribution in [-0.4, -0.2) is 4.98 Å². The predicted molar refractivity (Wildman–Crippen MR) is 76.6 cm³/mol. The van der Waals surface area contributed by atoms with Crippen LogP contribution < -0.4 is 0 Å². The molecule has 0 atom stereocenters. The predicted octanol–water partition coefficient (Wildman–Crippen LogP) is 5.15. The zero-order valence-corrected chi connectivity index (χ0v) is 12.1. The molecule has 0 bridgehead atoms. The van der Waals surface area contributed by atoms with E-state index >= 15 is 0 Å². The highest BCUT2D eigenvalue weighted by Crippen LogP contribution is 2.41. The molecule has 1 fully saturated rings. The van der Waals surface area contributed by atoms with Crippen molar-refractivity contribution in [1.29, 1.82) is 0 Å². The fourth-order valence-corrected chi connectivity index (χ4v) is 3.66. The number of halogens is 1. The summed E-state index contributed by atoms with van der Waals surface area (Å²) in [6.45, 7) is 2.18. The van der Waals surface area contributed by atoms with E-state index < -0.39 is 0 Å². The maximum Gasteiger partial charge on any atom is 0.0966 e. The molecule has 0 saturated heterocycles. The van der Waals surface area contributed by atoms with E-state index in [1.165, 1.54) is 40.4 Å². The quantitative estimate of drug-likeness (QED) is 0.748. The molecule has 0 amide bonds. The van der Waals surface area contributed by atoms with Gasteiger partial charge in [-0.1, -0.05) is 34.5 Å². The molecule has 88 valence electrons. The molecule has 1 aliphatic rings. The Morgan fingerprint density at radius 2 is 2.18 bits per heavy atom. The molecule has 0 unspecified atom stereocenters. The first-order chi connectivity index (χ1) is 8.24. The molecule has 2 aromatic rings. The topological polar surface area (TPSA) is 12.9 Å². The Morgan fingerprint density at radius 1 is 1.35 bits per heavy atom. The van der Waals surface area contributed by atoms with Gasteiger partial charge in [-0.3, -0.25) is 0 Å². The summed E-state index contributed by atoms with van der Waals surface area (Å²) in [6, 6.07) is 8.41. The Hall–Kier alpha value is -0.670. The molecule has 17 heavy (non-hydrogen) atoms. The van der Waals surface area contributed by atoms with Crippen molar-refractivity contribution in [1.82, 2.24) is 4.98 Å². The lowest BCUT2D eigenvalue weighted by molar-refractivity contribution is 0.418. The van der Waals surface area contributed by atoms with E-state index in [-0.39, 0.29) is 0 Å². The van der Waals surface area contributed by atoms with Gasteiger partial charge in [0.25, 0.3) is 0 Å². The number of rotatable bonds is 2. The average molecular weight is 308 g/mol. The first-order valence-electron chi connectivity index (χ1n) is 5.97. The van der Waals surface area contributed by atoms with Crippen LogP contribution in [0.25, 0.3) is 11.3 Å². The number of aryl methyl sites for hydroxylation is 1. The molecule has 0 N–H and O–H groups in total. The van der Waals surface area contributed by atoms with Crippen LogP contribution >= 0.6 is 27.3 Å². The summed E-state index contributed by atoms with van der Waals surface area (Å²) in [5.41, 5.74) is 2.39. The van der Waals surface area contributed by atoms with Crippen molar-refractivity contribution in [2.75, 3.05) is 0 Å². The van der Waals surface area contributed by atoms with E-state index in [1.54, 1.807) is 0 Å². The van der Waals surface area contributed by atoms with Crippen LogP contribution in [0.15, 0.2) is 28.7 Å². The molecule has 3 heteroatoms. The van der Waals surface area contributed by atoms with Crippen molar-refractivity contribution in [3.63, 3.8) is 0 Å². The molecular formula is C14H14BrNS. The van der Waals surface area contributed by atoms with Crippen molar-refractivity contribution in [3.05, 3.63) is 38.6 Å². The van der Waals surface area contributed by atoms with Crippen LogP contribution in [0, 0.1) is 6.92 Å². The van der Waals surface area contributed by atoms with Crippen LogP contribution in [0.3, 0.4) is 0 Å². The maximum absolute atomic E-state index is 4.84. The van der Waals surface area contributed by atoms with Crippen molar-refractivity contribution in [2.24, 2.45) is 0 Å². The highest BCUT2D eigenvalue weighted by Gasteiger charge is 2.24. The Morgan fingerprint density at radius 3 is 2.82 bits per heavy atom. The normalized spacial score (nSPS) is 15.9. The molecule has 3 rings (SSSR count). The van der Waals surface area contributed by atoms with E-state index in [9.17, 15) is 0 Å². The summed E-state index contributed by atoms with van der Waals surface area (Å²) in [5.74, 6) is 0.736. The SMILES string of the molecule is Cc1sc(C2CCC2)nc1-c1cccc(Br)c1. The van der Waals surface area contributed by atoms with Crippen molar-refractivity contribution < 1.29 is 0 Å². The number of hydrogen-bond donors (Lipinski definition) is 0. The van der Waals surface area contributed by atoms with Gasteiger partial charge in [0, 0.05) is 20.8 Å². The third-order valence-electron chi connectivity index (χ3n) is 3.37. The minimum absolute atomic E-state index is 0.736. The van der Waals surface area contributed by atoms with Crippen molar-refractivity contribution in [3.8, 4) is 11.3 Å². The van der Waals surface area contributed by atoms with Gasteiger partial charge in [-0.2, -0.15) is 0 Å². The van der Waals surface area contributed by atoms with Crippen molar-refractivity contribution >= 4 is 27.3 Å². The summed E-state index contributed by atoms with van der Waals surface area (Å²) in [5, 5.41) is 1.34. The highest BCUT2D eigenvalue weighted by atomic mass is 79.9. The number of thiazole rings is 1. The van der Waals surface area contributed by atoms with E-state index in [2.05, 4.69) is 47.1 Å². The molecule has 1 nitrogen and oxygen atoms in total. The van der Waals surface area contributed by atoms with Gasteiger partial charge in [0.2, 0.25) is 0 Å². The molecular weight excluding hydrogens is 294 g/mol. The number of hydrogen-bond acceptors (Lipinski definition) is 2. The molecule has 1 aliphatic carbocycles. The Labute approximate surface area is 114 Å². The minimum atomic E-state index is 0.736. The lowest BCUT2D eigenvalue weighted by atomic mass is 9.86. The van der Waals surface area contributed by atoms with E-state index in [0.29, 0.717) is 0 Å². The van der Waals surface area contributed by atoms with Crippen LogP contribution in [-0.2, 0) is 0 Å². The molecule has 0 spiro atoms. The fourth-order valence-electron chi connectivity index (χ4n) is 2.15. The number of aromatic nitrogens is 1. The van der Waals surface area contributed by atoms with Gasteiger partial charge < -0.3 is 0 Å². The molecule has 1 heterocycles. The summed E-state index contributed by atoms with van der Waals surface area (Å²) >= 11 is 5.39. The van der Waals surface area contributed by atoms with Gasteiger partial charge in [-0.05, 0) is 31.9 Å². The maximum atomic E-state index is 4.84. The average Bonchev–Trinajstić information content (AvgIpc) is 2.57. The lowest BCUT2D eigenvalue weighted by Gasteiger charge is -2.22. The molecule has 1 aromatic carbocycles. The van der Waals surface area contributed by atoms with Gasteiger partial charge in [0.05, 0.1) is 10.7 Å². The summed E-state index contributed by atoms with van der Waals surface area (Å²) in [6.07, 6.45) is 4.02. The van der Waals surface area contributed by atoms with E-state index in [0.717, 1.165) is 10.4 Å². The summed E-state index contributed by atoms with van der Waals surface area (Å²) < 4.78 is 1.12. The lowest BCUT2D eigenvalue weighted by Crippen LogP contribution is -2.07. The Balaban J connectivity index is 1.99. The monoisotopic (exact) mass is 307 g/mol. The second-order valence-electron chi connectivity index (χ2n) is 4.60. The van der Waals surface area contributed by atoms with Crippen molar-refractivity contribution in [2.45, 2.75) is 32.1 Å². The van der Waals surface area contributed by atoms with Crippen LogP contribution in [0.4, 0.5) is 0 Å². The minimum Gasteiger partial charge on any atom is -0.241 e. The third kappa shape index (κ3) is 2.18. The second-order valence-corrected chi connectivity index (χ2v) is 6.75. The Kier molecular flexibility index (Phi) is 3.05. The second kappa shape index (κ2) is 4.54. The Bertz CT molecular complexity index is 543. The summed E-state index contributed by atoms with van der Waals surface area (Å²) in [4.78, 5) is 6.18. The fraction of sp³-hybridized carbons (Fsp3) is 0.357.